The van der Waals surface area contributed by atoms with E-state index in [-0.39, 0.29) is 16.1 Å². The van der Waals surface area contributed by atoms with E-state index in [0.717, 1.165) is 6.29 Å². The van der Waals surface area contributed by atoms with Gasteiger partial charge >= 0.3 is 0 Å². The lowest BCUT2D eigenvalue weighted by atomic mass is 9.99. The number of aldehydes is 1. The van der Waals surface area contributed by atoms with Gasteiger partial charge < -0.3 is 9.21 Å². The van der Waals surface area contributed by atoms with Gasteiger partial charge in [-0.2, -0.15) is 0 Å². The molecule has 2 aliphatic rings. The molecule has 0 radical (unpaired) electrons. The van der Waals surface area contributed by atoms with Crippen LogP contribution in [0.4, 0.5) is 0 Å². The van der Waals surface area contributed by atoms with E-state index in [1.165, 1.54) is 6.26 Å². The van der Waals surface area contributed by atoms with Crippen molar-refractivity contribution >= 4 is 18.0 Å². The van der Waals surface area contributed by atoms with Gasteiger partial charge in [-0.05, 0) is 12.1 Å². The van der Waals surface area contributed by atoms with E-state index in [9.17, 15) is 14.9 Å². The minimum absolute atomic E-state index is 0.125. The quantitative estimate of drug-likeness (QED) is 0.454. The van der Waals surface area contributed by atoms with Gasteiger partial charge in [-0.25, -0.2) is 0 Å². The van der Waals surface area contributed by atoms with Crippen LogP contribution < -0.4 is 0 Å². The first-order chi connectivity index (χ1) is 7.71. The van der Waals surface area contributed by atoms with Crippen LogP contribution in [0.15, 0.2) is 22.8 Å². The molecule has 1 aliphatic heterocycles. The number of thioether (sulfide) groups is 1. The fourth-order valence-corrected chi connectivity index (χ4v) is 4.56. The van der Waals surface area contributed by atoms with Crippen LogP contribution in [-0.4, -0.2) is 23.0 Å². The molecule has 1 aromatic heterocycles. The first-order valence-corrected chi connectivity index (χ1v) is 6.01. The van der Waals surface area contributed by atoms with Crippen LogP contribution in [0.3, 0.4) is 0 Å². The van der Waals surface area contributed by atoms with Crippen molar-refractivity contribution < 1.29 is 14.1 Å². The summed E-state index contributed by atoms with van der Waals surface area (Å²) in [5.41, 5.74) is -0.827. The Bertz CT molecular complexity index is 446. The molecule has 84 valence electrons. The van der Waals surface area contributed by atoms with E-state index in [1.807, 2.05) is 0 Å². The first-order valence-electron chi connectivity index (χ1n) is 4.96. The SMILES string of the molecule is O=C[C@@]12[C@@H]([N+](=O)[O-])[C@@H]1CS[C@H]2c1ccco1. The van der Waals surface area contributed by atoms with Crippen molar-refractivity contribution in [1.82, 2.24) is 0 Å². The standard InChI is InChI=1S/C10H9NO4S/c12-5-10-6(8(10)11(13)14)4-16-9(10)7-2-1-3-15-7/h1-3,5-6,8-9H,4H2/t6-,8-,9-,10-/m0/s1. The number of nitro groups is 1. The average molecular weight is 239 g/mol. The smallest absolute Gasteiger partial charge is 0.232 e. The highest BCUT2D eigenvalue weighted by Gasteiger charge is 2.81. The minimum Gasteiger partial charge on any atom is -0.468 e. The maximum Gasteiger partial charge on any atom is 0.232 e. The number of hydrogen-bond acceptors (Lipinski definition) is 5. The fraction of sp³-hybridized carbons (Fsp3) is 0.500. The molecular formula is C10H9NO4S. The summed E-state index contributed by atoms with van der Waals surface area (Å²) in [6, 6.07) is 2.80. The van der Waals surface area contributed by atoms with E-state index < -0.39 is 11.5 Å². The van der Waals surface area contributed by atoms with Gasteiger partial charge in [0, 0.05) is 10.7 Å². The summed E-state index contributed by atoms with van der Waals surface area (Å²) < 4.78 is 5.27. The molecule has 1 saturated heterocycles. The Morgan fingerprint density at radius 2 is 2.50 bits per heavy atom. The first kappa shape index (κ1) is 9.89. The second kappa shape index (κ2) is 3.10. The fourth-order valence-electron chi connectivity index (χ4n) is 2.73. The third-order valence-electron chi connectivity index (χ3n) is 3.56. The zero-order valence-electron chi connectivity index (χ0n) is 8.24. The van der Waals surface area contributed by atoms with E-state index in [1.54, 1.807) is 23.9 Å². The summed E-state index contributed by atoms with van der Waals surface area (Å²) in [5, 5.41) is 10.7. The highest BCUT2D eigenvalue weighted by molar-refractivity contribution is 7.99. The Balaban J connectivity index is 1.98. The molecule has 2 fully saturated rings. The van der Waals surface area contributed by atoms with Gasteiger partial charge in [0.2, 0.25) is 6.04 Å². The van der Waals surface area contributed by atoms with Gasteiger partial charge in [0.05, 0.1) is 17.4 Å². The molecule has 1 aromatic rings. The number of nitrogens with zero attached hydrogens (tertiary/aromatic N) is 1. The van der Waals surface area contributed by atoms with Crippen LogP contribution in [0, 0.1) is 21.4 Å². The Kier molecular flexibility index (Phi) is 1.92. The molecule has 0 spiro atoms. The number of furan rings is 1. The molecule has 0 N–H and O–H groups in total. The molecule has 0 bridgehead atoms. The molecule has 4 atom stereocenters. The minimum atomic E-state index is -0.827. The van der Waals surface area contributed by atoms with E-state index >= 15 is 0 Å². The largest absolute Gasteiger partial charge is 0.468 e. The van der Waals surface area contributed by atoms with Crippen molar-refractivity contribution in [2.75, 3.05) is 5.75 Å². The topological polar surface area (TPSA) is 73.3 Å². The molecule has 0 aromatic carbocycles. The summed E-state index contributed by atoms with van der Waals surface area (Å²) in [6.45, 7) is 0. The highest BCUT2D eigenvalue weighted by atomic mass is 32.2. The van der Waals surface area contributed by atoms with Crippen molar-refractivity contribution in [1.29, 1.82) is 0 Å². The molecule has 1 saturated carbocycles. The predicted molar refractivity (Wildman–Crippen MR) is 56.7 cm³/mol. The summed E-state index contributed by atoms with van der Waals surface area (Å²) in [7, 11) is 0. The van der Waals surface area contributed by atoms with Gasteiger partial charge in [0.15, 0.2) is 0 Å². The lowest BCUT2D eigenvalue weighted by Crippen LogP contribution is -2.21. The van der Waals surface area contributed by atoms with Crippen LogP contribution in [0.5, 0.6) is 0 Å². The average Bonchev–Trinajstić information content (AvgIpc) is 2.68. The number of hydrogen-bond donors (Lipinski definition) is 0. The predicted octanol–water partition coefficient (Wildman–Crippen LogP) is 1.53. The summed E-state index contributed by atoms with van der Waals surface area (Å²) in [4.78, 5) is 21.8. The molecule has 2 heterocycles. The Hall–Kier alpha value is -1.30. The van der Waals surface area contributed by atoms with Gasteiger partial charge in [-0.1, -0.05) is 0 Å². The van der Waals surface area contributed by atoms with Crippen LogP contribution in [0.2, 0.25) is 0 Å². The van der Waals surface area contributed by atoms with Crippen molar-refractivity contribution in [2.45, 2.75) is 11.3 Å². The zero-order valence-corrected chi connectivity index (χ0v) is 9.05. The molecule has 5 nitrogen and oxygen atoms in total. The second-order valence-corrected chi connectivity index (χ2v) is 5.32. The van der Waals surface area contributed by atoms with E-state index in [4.69, 9.17) is 4.42 Å². The van der Waals surface area contributed by atoms with E-state index in [2.05, 4.69) is 0 Å². The van der Waals surface area contributed by atoms with Crippen LogP contribution in [0.25, 0.3) is 0 Å². The van der Waals surface area contributed by atoms with Crippen molar-refractivity contribution in [2.24, 2.45) is 11.3 Å². The molecule has 16 heavy (non-hydrogen) atoms. The monoisotopic (exact) mass is 239 g/mol. The lowest BCUT2D eigenvalue weighted by Gasteiger charge is -2.14. The van der Waals surface area contributed by atoms with Crippen molar-refractivity contribution in [3.8, 4) is 0 Å². The number of fused-ring (bicyclic) bond motifs is 1. The van der Waals surface area contributed by atoms with Crippen molar-refractivity contribution in [3.63, 3.8) is 0 Å². The second-order valence-electron chi connectivity index (χ2n) is 4.18. The molecular weight excluding hydrogens is 230 g/mol. The van der Waals surface area contributed by atoms with E-state index in [0.29, 0.717) is 11.5 Å². The Labute approximate surface area is 95.3 Å². The number of carbonyl (C=O) groups is 1. The summed E-state index contributed by atoms with van der Waals surface area (Å²) in [5.74, 6) is 1.21. The maximum absolute atomic E-state index is 11.2. The third kappa shape index (κ3) is 1.000. The van der Waals surface area contributed by atoms with Crippen LogP contribution in [0.1, 0.15) is 11.0 Å². The Morgan fingerprint density at radius 3 is 3.00 bits per heavy atom. The number of carbonyl (C=O) groups excluding carboxylic acids is 1. The van der Waals surface area contributed by atoms with Crippen LogP contribution in [-0.2, 0) is 4.79 Å². The van der Waals surface area contributed by atoms with Crippen LogP contribution >= 0.6 is 11.8 Å². The molecule has 3 rings (SSSR count). The normalized spacial score (nSPS) is 40.4. The van der Waals surface area contributed by atoms with Gasteiger partial charge in [0.1, 0.15) is 17.5 Å². The Morgan fingerprint density at radius 1 is 1.69 bits per heavy atom. The van der Waals surface area contributed by atoms with Crippen molar-refractivity contribution in [3.05, 3.63) is 34.3 Å². The summed E-state index contributed by atoms with van der Waals surface area (Å²) >= 11 is 1.57. The van der Waals surface area contributed by atoms with Gasteiger partial charge in [-0.3, -0.25) is 10.1 Å². The lowest BCUT2D eigenvalue weighted by molar-refractivity contribution is -0.503. The number of rotatable bonds is 3. The molecule has 0 amide bonds. The molecule has 6 heteroatoms. The maximum atomic E-state index is 11.2. The van der Waals surface area contributed by atoms with Gasteiger partial charge in [-0.15, -0.1) is 11.8 Å². The summed E-state index contributed by atoms with van der Waals surface area (Å²) in [6.07, 6.45) is 2.30. The third-order valence-corrected chi connectivity index (χ3v) is 5.08. The zero-order chi connectivity index (χ0) is 11.3. The highest BCUT2D eigenvalue weighted by Crippen LogP contribution is 2.71. The molecule has 0 unspecified atom stereocenters. The molecule has 1 aliphatic carbocycles. The van der Waals surface area contributed by atoms with Gasteiger partial charge in [0.25, 0.3) is 0 Å².